The lowest BCUT2D eigenvalue weighted by Crippen LogP contribution is -2.20. The van der Waals surface area contributed by atoms with Crippen molar-refractivity contribution in [1.29, 1.82) is 0 Å². The average Bonchev–Trinajstić information content (AvgIpc) is 3.32. The molecule has 4 rings (SSSR count). The van der Waals surface area contributed by atoms with E-state index in [2.05, 4.69) is 25.7 Å². The summed E-state index contributed by atoms with van der Waals surface area (Å²) in [6.07, 6.45) is 4.93. The van der Waals surface area contributed by atoms with Crippen LogP contribution in [0.15, 0.2) is 77.2 Å². The van der Waals surface area contributed by atoms with E-state index >= 15 is 0 Å². The van der Waals surface area contributed by atoms with E-state index in [0.717, 1.165) is 16.8 Å². The molecule has 178 valence electrons. The molecule has 0 aliphatic rings. The van der Waals surface area contributed by atoms with Gasteiger partial charge in [0.2, 0.25) is 0 Å². The minimum absolute atomic E-state index is 0.104. The molecule has 0 fully saturated rings. The number of rotatable bonds is 9. The minimum Gasteiger partial charge on any atom is -0.493 e. The summed E-state index contributed by atoms with van der Waals surface area (Å²) in [4.78, 5) is 16.6. The molecule has 0 bridgehead atoms. The van der Waals surface area contributed by atoms with Crippen LogP contribution >= 0.6 is 11.8 Å². The van der Waals surface area contributed by atoms with Gasteiger partial charge >= 0.3 is 0 Å². The van der Waals surface area contributed by atoms with Gasteiger partial charge in [0.15, 0.2) is 22.5 Å². The lowest BCUT2D eigenvalue weighted by molar-refractivity contribution is -0.118. The van der Waals surface area contributed by atoms with Crippen LogP contribution in [0.5, 0.6) is 11.5 Å². The van der Waals surface area contributed by atoms with Crippen LogP contribution in [-0.4, -0.2) is 51.8 Å². The molecule has 10 heteroatoms. The first-order chi connectivity index (χ1) is 17.1. The normalized spacial score (nSPS) is 10.9. The van der Waals surface area contributed by atoms with E-state index in [1.165, 1.54) is 18.0 Å². The molecule has 0 aliphatic heterocycles. The highest BCUT2D eigenvalue weighted by molar-refractivity contribution is 7.99. The van der Waals surface area contributed by atoms with E-state index in [1.807, 2.05) is 60.0 Å². The van der Waals surface area contributed by atoms with Gasteiger partial charge in [-0.1, -0.05) is 35.5 Å². The van der Waals surface area contributed by atoms with Crippen LogP contribution in [0.1, 0.15) is 11.1 Å². The number of hydrazone groups is 1. The standard InChI is InChI=1S/C25H24N6O3S/c1-17-7-9-20(10-8-17)31-24(18-11-13-26-14-12-18)29-30-25(31)35-16-22(32)28-27-15-19-5-4-6-21(33-2)23(19)34-3/h4-15H,16H2,1-3H3,(H,28,32)/b27-15-. The summed E-state index contributed by atoms with van der Waals surface area (Å²) in [6.45, 7) is 2.03. The molecule has 4 aromatic rings. The van der Waals surface area contributed by atoms with Crippen molar-refractivity contribution >= 4 is 23.9 Å². The number of benzene rings is 2. The highest BCUT2D eigenvalue weighted by atomic mass is 32.2. The molecule has 0 atom stereocenters. The number of para-hydroxylation sites is 1. The molecule has 0 saturated carbocycles. The van der Waals surface area contributed by atoms with Gasteiger partial charge in [0, 0.05) is 29.2 Å². The van der Waals surface area contributed by atoms with Crippen LogP contribution in [0.25, 0.3) is 17.1 Å². The van der Waals surface area contributed by atoms with Crippen LogP contribution in [0.4, 0.5) is 0 Å². The van der Waals surface area contributed by atoms with Crippen molar-refractivity contribution in [3.05, 3.63) is 78.1 Å². The fourth-order valence-corrected chi connectivity index (χ4v) is 4.07. The number of thioether (sulfide) groups is 1. The topological polar surface area (TPSA) is 104 Å². The number of aromatic nitrogens is 4. The Kier molecular flexibility index (Phi) is 7.74. The van der Waals surface area contributed by atoms with Gasteiger partial charge in [0.05, 0.1) is 26.2 Å². The second kappa shape index (κ2) is 11.3. The van der Waals surface area contributed by atoms with Gasteiger partial charge in [-0.15, -0.1) is 10.2 Å². The van der Waals surface area contributed by atoms with Crippen molar-refractivity contribution in [2.75, 3.05) is 20.0 Å². The molecule has 0 aliphatic carbocycles. The number of ether oxygens (including phenoxy) is 2. The molecule has 2 heterocycles. The van der Waals surface area contributed by atoms with Crippen molar-refractivity contribution < 1.29 is 14.3 Å². The largest absolute Gasteiger partial charge is 0.493 e. The number of methoxy groups -OCH3 is 2. The summed E-state index contributed by atoms with van der Waals surface area (Å²) in [7, 11) is 3.11. The molecule has 35 heavy (non-hydrogen) atoms. The number of amides is 1. The maximum Gasteiger partial charge on any atom is 0.250 e. The third-order valence-corrected chi connectivity index (χ3v) is 5.95. The summed E-state index contributed by atoms with van der Waals surface area (Å²) in [5.41, 5.74) is 6.15. The van der Waals surface area contributed by atoms with E-state index in [-0.39, 0.29) is 11.7 Å². The zero-order valence-corrected chi connectivity index (χ0v) is 20.3. The molecular weight excluding hydrogens is 464 g/mol. The first kappa shape index (κ1) is 24.0. The maximum absolute atomic E-state index is 12.5. The summed E-state index contributed by atoms with van der Waals surface area (Å²) in [6, 6.07) is 17.2. The van der Waals surface area contributed by atoms with Crippen molar-refractivity contribution in [1.82, 2.24) is 25.2 Å². The number of carbonyl (C=O) groups is 1. The van der Waals surface area contributed by atoms with E-state index < -0.39 is 0 Å². The Hall–Kier alpha value is -4.18. The zero-order valence-electron chi connectivity index (χ0n) is 19.5. The predicted octanol–water partition coefficient (Wildman–Crippen LogP) is 3.90. The molecule has 9 nitrogen and oxygen atoms in total. The van der Waals surface area contributed by atoms with Crippen LogP contribution in [0.3, 0.4) is 0 Å². The van der Waals surface area contributed by atoms with Crippen molar-refractivity contribution in [3.8, 4) is 28.6 Å². The lowest BCUT2D eigenvalue weighted by atomic mass is 10.2. The number of nitrogens with one attached hydrogen (secondary N) is 1. The Morgan fingerprint density at radius 3 is 2.54 bits per heavy atom. The Morgan fingerprint density at radius 1 is 1.06 bits per heavy atom. The smallest absolute Gasteiger partial charge is 0.250 e. The monoisotopic (exact) mass is 488 g/mol. The number of hydrogen-bond acceptors (Lipinski definition) is 8. The molecule has 1 amide bonds. The second-order valence-corrected chi connectivity index (χ2v) is 8.32. The second-order valence-electron chi connectivity index (χ2n) is 7.38. The summed E-state index contributed by atoms with van der Waals surface area (Å²) in [5, 5.41) is 13.4. The van der Waals surface area contributed by atoms with Gasteiger partial charge < -0.3 is 9.47 Å². The lowest BCUT2D eigenvalue weighted by Gasteiger charge is -2.10. The van der Waals surface area contributed by atoms with E-state index in [1.54, 1.807) is 32.7 Å². The van der Waals surface area contributed by atoms with Gasteiger partial charge in [0.25, 0.3) is 5.91 Å². The number of aryl methyl sites for hydroxylation is 1. The van der Waals surface area contributed by atoms with Crippen molar-refractivity contribution in [3.63, 3.8) is 0 Å². The summed E-state index contributed by atoms with van der Waals surface area (Å²) >= 11 is 1.27. The minimum atomic E-state index is -0.281. The number of carbonyl (C=O) groups excluding carboxylic acids is 1. The molecule has 0 saturated heterocycles. The Balaban J connectivity index is 1.49. The molecular formula is C25H24N6O3S. The fourth-order valence-electron chi connectivity index (χ4n) is 3.33. The third-order valence-electron chi connectivity index (χ3n) is 5.02. The molecule has 0 radical (unpaired) electrons. The van der Waals surface area contributed by atoms with Crippen molar-refractivity contribution in [2.24, 2.45) is 5.10 Å². The Bertz CT molecular complexity index is 1320. The molecule has 2 aromatic heterocycles. The first-order valence-electron chi connectivity index (χ1n) is 10.7. The van der Waals surface area contributed by atoms with Crippen molar-refractivity contribution in [2.45, 2.75) is 12.1 Å². The number of pyridine rings is 1. The fraction of sp³-hybridized carbons (Fsp3) is 0.160. The zero-order chi connectivity index (χ0) is 24.6. The van der Waals surface area contributed by atoms with Gasteiger partial charge in [-0.3, -0.25) is 14.3 Å². The Labute approximate surface area is 207 Å². The van der Waals surface area contributed by atoms with Gasteiger partial charge in [-0.25, -0.2) is 5.43 Å². The number of hydrogen-bond donors (Lipinski definition) is 1. The average molecular weight is 489 g/mol. The molecule has 1 N–H and O–H groups in total. The van der Waals surface area contributed by atoms with Gasteiger partial charge in [-0.05, 0) is 43.3 Å². The van der Waals surface area contributed by atoms with E-state index in [9.17, 15) is 4.79 Å². The molecule has 0 unspecified atom stereocenters. The van der Waals surface area contributed by atoms with Crippen LogP contribution < -0.4 is 14.9 Å². The predicted molar refractivity (Wildman–Crippen MR) is 135 cm³/mol. The summed E-state index contributed by atoms with van der Waals surface area (Å²) in [5.74, 6) is 1.61. The quantitative estimate of drug-likeness (QED) is 0.216. The molecule has 0 spiro atoms. The van der Waals surface area contributed by atoms with E-state index in [4.69, 9.17) is 9.47 Å². The highest BCUT2D eigenvalue weighted by Crippen LogP contribution is 2.30. The van der Waals surface area contributed by atoms with Crippen LogP contribution in [0.2, 0.25) is 0 Å². The van der Waals surface area contributed by atoms with Gasteiger partial charge in [0.1, 0.15) is 0 Å². The van der Waals surface area contributed by atoms with E-state index in [0.29, 0.717) is 28.0 Å². The third kappa shape index (κ3) is 5.67. The molecule has 2 aromatic carbocycles. The Morgan fingerprint density at radius 2 is 1.83 bits per heavy atom. The highest BCUT2D eigenvalue weighted by Gasteiger charge is 2.17. The SMILES string of the molecule is COc1cccc(/C=N\NC(=O)CSc2nnc(-c3ccncc3)n2-c2ccc(C)cc2)c1OC. The summed E-state index contributed by atoms with van der Waals surface area (Å²) < 4.78 is 12.6. The van der Waals surface area contributed by atoms with Crippen LogP contribution in [-0.2, 0) is 4.79 Å². The van der Waals surface area contributed by atoms with Crippen LogP contribution in [0, 0.1) is 6.92 Å². The first-order valence-corrected chi connectivity index (χ1v) is 11.7. The van der Waals surface area contributed by atoms with Gasteiger partial charge in [-0.2, -0.15) is 5.10 Å². The maximum atomic E-state index is 12.5. The number of nitrogens with zero attached hydrogens (tertiary/aromatic N) is 5.